The van der Waals surface area contributed by atoms with Crippen LogP contribution in [-0.4, -0.2) is 31.2 Å². The minimum atomic E-state index is 0.391. The zero-order valence-corrected chi connectivity index (χ0v) is 11.0. The van der Waals surface area contributed by atoms with E-state index in [1.807, 2.05) is 18.2 Å². The first-order valence-electron chi connectivity index (χ1n) is 5.42. The first-order valence-corrected chi connectivity index (χ1v) is 6.41. The molecule has 1 aliphatic heterocycles. The van der Waals surface area contributed by atoms with Gasteiger partial charge in [-0.1, -0.05) is 11.8 Å². The second-order valence-electron chi connectivity index (χ2n) is 3.79. The highest BCUT2D eigenvalue weighted by Crippen LogP contribution is 2.30. The molecule has 0 aromatic heterocycles. The molecule has 92 valence electrons. The quantitative estimate of drug-likeness (QED) is 0.898. The Hall–Kier alpha value is -1.36. The number of benzene rings is 1. The fourth-order valence-electron chi connectivity index (χ4n) is 1.58. The van der Waals surface area contributed by atoms with E-state index in [0.717, 1.165) is 22.4 Å². The summed E-state index contributed by atoms with van der Waals surface area (Å²) in [5, 5.41) is 4.24. The molecule has 1 N–H and O–H groups in total. The van der Waals surface area contributed by atoms with Crippen molar-refractivity contribution in [3.63, 3.8) is 0 Å². The summed E-state index contributed by atoms with van der Waals surface area (Å²) in [5.74, 6) is 2.48. The molecule has 1 heterocycles. The summed E-state index contributed by atoms with van der Waals surface area (Å²) in [7, 11) is 3.26. The van der Waals surface area contributed by atoms with Crippen LogP contribution in [0, 0.1) is 0 Å². The van der Waals surface area contributed by atoms with E-state index in [-0.39, 0.29) is 0 Å². The van der Waals surface area contributed by atoms with Gasteiger partial charge in [0.2, 0.25) is 0 Å². The van der Waals surface area contributed by atoms with Gasteiger partial charge < -0.3 is 14.8 Å². The van der Waals surface area contributed by atoms with E-state index in [1.54, 1.807) is 26.0 Å². The van der Waals surface area contributed by atoms with Gasteiger partial charge in [0.15, 0.2) is 16.7 Å². The Kier molecular flexibility index (Phi) is 3.78. The highest BCUT2D eigenvalue weighted by Gasteiger charge is 2.14. The predicted molar refractivity (Wildman–Crippen MR) is 72.5 cm³/mol. The van der Waals surface area contributed by atoms with Crippen molar-refractivity contribution in [3.8, 4) is 11.5 Å². The monoisotopic (exact) mass is 252 g/mol. The van der Waals surface area contributed by atoms with Crippen molar-refractivity contribution in [1.29, 1.82) is 0 Å². The van der Waals surface area contributed by atoms with Gasteiger partial charge in [0.1, 0.15) is 0 Å². The molecule has 0 saturated carbocycles. The van der Waals surface area contributed by atoms with Crippen LogP contribution in [0.2, 0.25) is 0 Å². The summed E-state index contributed by atoms with van der Waals surface area (Å²) >= 11 is 1.74. The lowest BCUT2D eigenvalue weighted by Crippen LogP contribution is -2.05. The zero-order valence-electron chi connectivity index (χ0n) is 10.2. The number of nitrogens with one attached hydrogen (secondary N) is 1. The first kappa shape index (κ1) is 12.1. The van der Waals surface area contributed by atoms with Crippen molar-refractivity contribution in [2.24, 2.45) is 4.99 Å². The van der Waals surface area contributed by atoms with Crippen LogP contribution in [-0.2, 0) is 0 Å². The summed E-state index contributed by atoms with van der Waals surface area (Å²) in [6.45, 7) is 2.11. The molecule has 0 fully saturated rings. The van der Waals surface area contributed by atoms with Crippen LogP contribution >= 0.6 is 11.8 Å². The van der Waals surface area contributed by atoms with Crippen molar-refractivity contribution >= 4 is 22.6 Å². The van der Waals surface area contributed by atoms with Gasteiger partial charge in [0.05, 0.1) is 20.3 Å². The van der Waals surface area contributed by atoms with E-state index < -0.39 is 0 Å². The third-order valence-electron chi connectivity index (χ3n) is 2.43. The van der Waals surface area contributed by atoms with Crippen molar-refractivity contribution < 1.29 is 9.47 Å². The summed E-state index contributed by atoms with van der Waals surface area (Å²) in [4.78, 5) is 4.48. The van der Waals surface area contributed by atoms with Crippen molar-refractivity contribution in [1.82, 2.24) is 0 Å². The number of aliphatic imine (C=N–C) groups is 1. The summed E-state index contributed by atoms with van der Waals surface area (Å²) < 4.78 is 10.4. The topological polar surface area (TPSA) is 42.8 Å². The van der Waals surface area contributed by atoms with Gasteiger partial charge in [0, 0.05) is 17.5 Å². The maximum Gasteiger partial charge on any atom is 0.162 e. The third kappa shape index (κ3) is 2.85. The Morgan fingerprint density at radius 2 is 2.06 bits per heavy atom. The van der Waals surface area contributed by atoms with Gasteiger partial charge in [-0.05, 0) is 19.1 Å². The van der Waals surface area contributed by atoms with Crippen LogP contribution in [0.1, 0.15) is 6.92 Å². The zero-order chi connectivity index (χ0) is 12.3. The number of methoxy groups -OCH3 is 2. The maximum atomic E-state index is 5.25. The number of ether oxygens (including phenoxy) is 2. The number of rotatable bonds is 3. The SMILES string of the molecule is COc1ccc(NC2=NC(C)CS2)cc1OC. The molecule has 1 aliphatic rings. The van der Waals surface area contributed by atoms with Gasteiger partial charge in [-0.25, -0.2) is 0 Å². The average Bonchev–Trinajstić information content (AvgIpc) is 2.74. The van der Waals surface area contributed by atoms with Crippen molar-refractivity contribution in [3.05, 3.63) is 18.2 Å². The Bertz CT molecular complexity index is 435. The molecular weight excluding hydrogens is 236 g/mol. The summed E-state index contributed by atoms with van der Waals surface area (Å²) in [6, 6.07) is 6.13. The molecule has 0 saturated heterocycles. The molecule has 1 unspecified atom stereocenters. The molecule has 0 amide bonds. The lowest BCUT2D eigenvalue weighted by molar-refractivity contribution is 0.355. The van der Waals surface area contributed by atoms with Gasteiger partial charge in [-0.3, -0.25) is 4.99 Å². The summed E-state index contributed by atoms with van der Waals surface area (Å²) in [6.07, 6.45) is 0. The van der Waals surface area contributed by atoms with Gasteiger partial charge in [0.25, 0.3) is 0 Å². The third-order valence-corrected chi connectivity index (χ3v) is 3.56. The molecule has 0 spiro atoms. The van der Waals surface area contributed by atoms with E-state index in [1.165, 1.54) is 0 Å². The van der Waals surface area contributed by atoms with Gasteiger partial charge >= 0.3 is 0 Å². The number of anilines is 1. The van der Waals surface area contributed by atoms with Gasteiger partial charge in [-0.15, -0.1) is 0 Å². The molecule has 17 heavy (non-hydrogen) atoms. The largest absolute Gasteiger partial charge is 0.493 e. The highest BCUT2D eigenvalue weighted by atomic mass is 32.2. The molecule has 0 bridgehead atoms. The van der Waals surface area contributed by atoms with E-state index in [4.69, 9.17) is 9.47 Å². The molecule has 1 aromatic carbocycles. The fraction of sp³-hybridized carbons (Fsp3) is 0.417. The minimum absolute atomic E-state index is 0.391. The van der Waals surface area contributed by atoms with Crippen LogP contribution in [0.3, 0.4) is 0 Å². The van der Waals surface area contributed by atoms with Crippen LogP contribution < -0.4 is 14.8 Å². The van der Waals surface area contributed by atoms with Crippen molar-refractivity contribution in [2.75, 3.05) is 25.3 Å². The minimum Gasteiger partial charge on any atom is -0.493 e. The standard InChI is InChI=1S/C12H16N2O2S/c1-8-7-17-12(13-8)14-9-4-5-10(15-2)11(6-9)16-3/h4-6,8H,7H2,1-3H3,(H,13,14). The normalized spacial score (nSPS) is 18.8. The van der Waals surface area contributed by atoms with Crippen LogP contribution in [0.15, 0.2) is 23.2 Å². The van der Waals surface area contributed by atoms with E-state index in [0.29, 0.717) is 11.8 Å². The number of nitrogens with zero attached hydrogens (tertiary/aromatic N) is 1. The molecule has 0 aliphatic carbocycles. The molecule has 1 atom stereocenters. The van der Waals surface area contributed by atoms with E-state index in [9.17, 15) is 0 Å². The summed E-state index contributed by atoms with van der Waals surface area (Å²) in [5.41, 5.74) is 0.961. The molecular formula is C12H16N2O2S. The maximum absolute atomic E-state index is 5.25. The molecule has 5 heteroatoms. The first-order chi connectivity index (χ1) is 8.22. The Balaban J connectivity index is 2.14. The molecule has 0 radical (unpaired) electrons. The Morgan fingerprint density at radius 1 is 1.29 bits per heavy atom. The van der Waals surface area contributed by atoms with Crippen LogP contribution in [0.4, 0.5) is 5.69 Å². The number of amidine groups is 1. The fourth-order valence-corrected chi connectivity index (χ4v) is 2.50. The molecule has 2 rings (SSSR count). The molecule has 1 aromatic rings. The van der Waals surface area contributed by atoms with E-state index in [2.05, 4.69) is 17.2 Å². The van der Waals surface area contributed by atoms with Crippen LogP contribution in [0.5, 0.6) is 11.5 Å². The number of thioether (sulfide) groups is 1. The average molecular weight is 252 g/mol. The lowest BCUT2D eigenvalue weighted by atomic mass is 10.3. The lowest BCUT2D eigenvalue weighted by Gasteiger charge is -2.10. The second-order valence-corrected chi connectivity index (χ2v) is 4.80. The second kappa shape index (κ2) is 5.31. The van der Waals surface area contributed by atoms with Gasteiger partial charge in [-0.2, -0.15) is 0 Å². The smallest absolute Gasteiger partial charge is 0.162 e. The van der Waals surface area contributed by atoms with E-state index >= 15 is 0 Å². The molecule has 4 nitrogen and oxygen atoms in total. The Labute approximate surface area is 105 Å². The number of hydrogen-bond acceptors (Lipinski definition) is 5. The highest BCUT2D eigenvalue weighted by molar-refractivity contribution is 8.14. The van der Waals surface area contributed by atoms with Crippen LogP contribution in [0.25, 0.3) is 0 Å². The Morgan fingerprint density at radius 3 is 2.65 bits per heavy atom. The predicted octanol–water partition coefficient (Wildman–Crippen LogP) is 2.61. The van der Waals surface area contributed by atoms with Crippen molar-refractivity contribution in [2.45, 2.75) is 13.0 Å². The number of hydrogen-bond donors (Lipinski definition) is 1.